The smallest absolute Gasteiger partial charge is 0.191 e. The molecule has 2 aromatic rings. The van der Waals surface area contributed by atoms with Crippen molar-refractivity contribution in [3.63, 3.8) is 0 Å². The maximum atomic E-state index is 4.25. The van der Waals surface area contributed by atoms with Crippen molar-refractivity contribution < 1.29 is 0 Å². The second-order valence-corrected chi connectivity index (χ2v) is 6.33. The molecule has 0 amide bonds. The summed E-state index contributed by atoms with van der Waals surface area (Å²) in [6.45, 7) is 5.93. The van der Waals surface area contributed by atoms with E-state index in [1.807, 2.05) is 0 Å². The van der Waals surface area contributed by atoms with Gasteiger partial charge in [0.25, 0.3) is 0 Å². The van der Waals surface area contributed by atoms with Gasteiger partial charge >= 0.3 is 0 Å². The second-order valence-electron chi connectivity index (χ2n) is 4.33. The molecule has 3 nitrogen and oxygen atoms in total. The predicted octanol–water partition coefficient (Wildman–Crippen LogP) is 3.91. The van der Waals surface area contributed by atoms with E-state index >= 15 is 0 Å². The summed E-state index contributed by atoms with van der Waals surface area (Å²) in [5.41, 5.74) is 2.67. The first kappa shape index (κ1) is 17.5. The molecular weight excluding hydrogens is 401 g/mol. The van der Waals surface area contributed by atoms with E-state index < -0.39 is 0 Å². The number of hydrogen-bond acceptors (Lipinski definition) is 3. The van der Waals surface area contributed by atoms with Crippen LogP contribution in [0.15, 0.2) is 27.9 Å². The third kappa shape index (κ3) is 4.75. The molecule has 0 unspecified atom stereocenters. The highest BCUT2D eigenvalue weighted by atomic mass is 127. The van der Waals surface area contributed by atoms with Crippen LogP contribution in [0, 0.1) is 13.8 Å². The lowest BCUT2D eigenvalue weighted by molar-refractivity contribution is 0.818. The van der Waals surface area contributed by atoms with Crippen molar-refractivity contribution in [3.05, 3.63) is 43.8 Å². The number of nitrogens with zero attached hydrogens (tertiary/aromatic N) is 1. The van der Waals surface area contributed by atoms with E-state index in [2.05, 4.69) is 52.4 Å². The van der Waals surface area contributed by atoms with Crippen LogP contribution in [0.5, 0.6) is 0 Å². The summed E-state index contributed by atoms with van der Waals surface area (Å²) >= 11 is 3.55. The summed E-state index contributed by atoms with van der Waals surface area (Å²) in [6.07, 6.45) is 0. The largest absolute Gasteiger partial charge is 0.352 e. The van der Waals surface area contributed by atoms with Crippen LogP contribution in [0.2, 0.25) is 0 Å². The molecule has 2 N–H and O–H groups in total. The molecule has 6 heteroatoms. The Morgan fingerprint density at radius 2 is 1.45 bits per heavy atom. The van der Waals surface area contributed by atoms with Crippen LogP contribution in [-0.2, 0) is 13.1 Å². The van der Waals surface area contributed by atoms with Crippen LogP contribution in [-0.4, -0.2) is 13.0 Å². The van der Waals surface area contributed by atoms with Crippen molar-refractivity contribution >= 4 is 52.6 Å². The molecule has 0 aliphatic rings. The van der Waals surface area contributed by atoms with E-state index in [0.29, 0.717) is 0 Å². The lowest BCUT2D eigenvalue weighted by atomic mass is 10.3. The maximum Gasteiger partial charge on any atom is 0.191 e. The molecule has 0 saturated carbocycles. The third-order valence-corrected chi connectivity index (χ3v) is 5.04. The van der Waals surface area contributed by atoms with Crippen LogP contribution >= 0.6 is 46.7 Å². The lowest BCUT2D eigenvalue weighted by Crippen LogP contribution is -2.36. The number of guanidine groups is 1. The van der Waals surface area contributed by atoms with E-state index in [-0.39, 0.29) is 24.0 Å². The molecule has 0 atom stereocenters. The quantitative estimate of drug-likeness (QED) is 0.446. The number of nitrogens with one attached hydrogen (secondary N) is 2. The van der Waals surface area contributed by atoms with Gasteiger partial charge in [-0.15, -0.1) is 46.7 Å². The number of thiophene rings is 2. The molecule has 0 spiro atoms. The Morgan fingerprint density at radius 1 is 1.00 bits per heavy atom. The minimum absolute atomic E-state index is 0. The third-order valence-electron chi connectivity index (χ3n) is 2.99. The van der Waals surface area contributed by atoms with Gasteiger partial charge in [-0.1, -0.05) is 0 Å². The number of hydrogen-bond donors (Lipinski definition) is 2. The first-order chi connectivity index (χ1) is 9.20. The van der Waals surface area contributed by atoms with Crippen LogP contribution in [0.1, 0.15) is 20.9 Å². The average molecular weight is 421 g/mol. The van der Waals surface area contributed by atoms with E-state index in [1.165, 1.54) is 20.9 Å². The van der Waals surface area contributed by atoms with Gasteiger partial charge in [0.2, 0.25) is 0 Å². The van der Waals surface area contributed by atoms with E-state index in [9.17, 15) is 0 Å². The molecule has 2 rings (SSSR count). The Bertz CT molecular complexity index is 514. The summed E-state index contributed by atoms with van der Waals surface area (Å²) in [7, 11) is 1.80. The summed E-state index contributed by atoms with van der Waals surface area (Å²) in [6, 6.07) is 4.29. The fourth-order valence-electron chi connectivity index (χ4n) is 1.72. The molecule has 0 radical (unpaired) electrons. The molecule has 20 heavy (non-hydrogen) atoms. The van der Waals surface area contributed by atoms with Gasteiger partial charge in [0.15, 0.2) is 5.96 Å². The molecule has 0 aliphatic carbocycles. The average Bonchev–Trinajstić information content (AvgIpc) is 2.99. The second kappa shape index (κ2) is 8.63. The van der Waals surface area contributed by atoms with Gasteiger partial charge in [-0.3, -0.25) is 4.99 Å². The molecule has 0 saturated heterocycles. The normalized spacial score (nSPS) is 9.75. The van der Waals surface area contributed by atoms with Crippen LogP contribution in [0.25, 0.3) is 0 Å². The first-order valence-corrected chi connectivity index (χ1v) is 7.97. The van der Waals surface area contributed by atoms with Crippen LogP contribution < -0.4 is 10.6 Å². The first-order valence-electron chi connectivity index (χ1n) is 6.21. The van der Waals surface area contributed by atoms with Gasteiger partial charge in [0.05, 0.1) is 13.1 Å². The van der Waals surface area contributed by atoms with E-state index in [1.54, 1.807) is 29.7 Å². The highest BCUT2D eigenvalue weighted by Gasteiger charge is 2.04. The fraction of sp³-hybridized carbons (Fsp3) is 0.357. The number of rotatable bonds is 4. The maximum absolute atomic E-state index is 4.25. The van der Waals surface area contributed by atoms with Gasteiger partial charge in [-0.2, -0.15) is 0 Å². The van der Waals surface area contributed by atoms with Crippen molar-refractivity contribution in [1.82, 2.24) is 10.6 Å². The van der Waals surface area contributed by atoms with Gasteiger partial charge < -0.3 is 10.6 Å². The molecular formula is C14H20IN3S2. The van der Waals surface area contributed by atoms with Crippen LogP contribution in [0.4, 0.5) is 0 Å². The van der Waals surface area contributed by atoms with Gasteiger partial charge in [0.1, 0.15) is 0 Å². The monoisotopic (exact) mass is 421 g/mol. The molecule has 0 aromatic carbocycles. The summed E-state index contributed by atoms with van der Waals surface area (Å²) in [5.74, 6) is 0.848. The molecule has 0 aliphatic heterocycles. The standard InChI is InChI=1S/C14H19N3S2.HI/c1-10-4-6-18-12(10)8-16-14(15-3)17-9-13-11(2)5-7-19-13;/h4-7H,8-9H2,1-3H3,(H2,15,16,17);1H. The predicted molar refractivity (Wildman–Crippen MR) is 101 cm³/mol. The van der Waals surface area contributed by atoms with Crippen molar-refractivity contribution in [3.8, 4) is 0 Å². The molecule has 110 valence electrons. The number of aryl methyl sites for hydroxylation is 2. The van der Waals surface area contributed by atoms with Gasteiger partial charge in [-0.25, -0.2) is 0 Å². The topological polar surface area (TPSA) is 36.4 Å². The summed E-state index contributed by atoms with van der Waals surface area (Å²) < 4.78 is 0. The Kier molecular flexibility index (Phi) is 7.53. The minimum Gasteiger partial charge on any atom is -0.352 e. The zero-order chi connectivity index (χ0) is 13.7. The van der Waals surface area contributed by atoms with E-state index in [4.69, 9.17) is 0 Å². The summed E-state index contributed by atoms with van der Waals surface area (Å²) in [5, 5.41) is 10.9. The zero-order valence-electron chi connectivity index (χ0n) is 11.9. The highest BCUT2D eigenvalue weighted by Crippen LogP contribution is 2.15. The Hall–Kier alpha value is -0.600. The van der Waals surface area contributed by atoms with Gasteiger partial charge in [0, 0.05) is 16.8 Å². The fourth-order valence-corrected chi connectivity index (χ4v) is 3.41. The molecule has 0 fully saturated rings. The number of aliphatic imine (C=N–C) groups is 1. The SMILES string of the molecule is CN=C(NCc1sccc1C)NCc1sccc1C.I. The minimum atomic E-state index is 0. The van der Waals surface area contributed by atoms with Crippen LogP contribution in [0.3, 0.4) is 0 Å². The lowest BCUT2D eigenvalue weighted by Gasteiger charge is -2.11. The van der Waals surface area contributed by atoms with Gasteiger partial charge in [-0.05, 0) is 47.9 Å². The highest BCUT2D eigenvalue weighted by molar-refractivity contribution is 14.0. The Labute approximate surface area is 145 Å². The van der Waals surface area contributed by atoms with E-state index in [0.717, 1.165) is 19.0 Å². The number of halogens is 1. The van der Waals surface area contributed by atoms with Crippen molar-refractivity contribution in [2.45, 2.75) is 26.9 Å². The van der Waals surface area contributed by atoms with Crippen molar-refractivity contribution in [2.24, 2.45) is 4.99 Å². The molecule has 2 heterocycles. The van der Waals surface area contributed by atoms with Crippen molar-refractivity contribution in [1.29, 1.82) is 0 Å². The molecule has 2 aromatic heterocycles. The Morgan fingerprint density at radius 3 is 1.75 bits per heavy atom. The summed E-state index contributed by atoms with van der Waals surface area (Å²) in [4.78, 5) is 6.96. The zero-order valence-corrected chi connectivity index (χ0v) is 15.9. The van der Waals surface area contributed by atoms with Crippen molar-refractivity contribution in [2.75, 3.05) is 7.05 Å². The Balaban J connectivity index is 0.00000200. The molecule has 0 bridgehead atoms.